The number of carboxylic acid groups (broad SMARTS) is 1. The maximum Gasteiger partial charge on any atom is 0.308 e. The van der Waals surface area contributed by atoms with E-state index in [-0.39, 0.29) is 30.7 Å². The van der Waals surface area contributed by atoms with Gasteiger partial charge in [-0.3, -0.25) is 14.4 Å². The van der Waals surface area contributed by atoms with Gasteiger partial charge in [0.1, 0.15) is 0 Å². The van der Waals surface area contributed by atoms with Gasteiger partial charge < -0.3 is 15.3 Å². The predicted molar refractivity (Wildman–Crippen MR) is 73.9 cm³/mol. The quantitative estimate of drug-likeness (QED) is 0.796. The molecule has 0 aromatic carbocycles. The van der Waals surface area contributed by atoms with Crippen LogP contribution in [0.5, 0.6) is 0 Å². The summed E-state index contributed by atoms with van der Waals surface area (Å²) in [6.45, 7) is 7.25. The summed E-state index contributed by atoms with van der Waals surface area (Å²) >= 11 is 0. The lowest BCUT2D eigenvalue weighted by atomic mass is 9.79. The molecule has 2 amide bonds. The first-order valence-electron chi connectivity index (χ1n) is 6.86. The SMILES string of the molecule is CNC(=O)C(C)(C)CN1C(=O)CC(C)C(C(=O)O)C1C. The third-order valence-electron chi connectivity index (χ3n) is 4.13. The summed E-state index contributed by atoms with van der Waals surface area (Å²) in [4.78, 5) is 36.9. The van der Waals surface area contributed by atoms with E-state index in [1.807, 2.05) is 0 Å². The molecule has 1 aliphatic rings. The fourth-order valence-electron chi connectivity index (χ4n) is 2.93. The number of piperidine rings is 1. The van der Waals surface area contributed by atoms with Crippen molar-refractivity contribution in [3.05, 3.63) is 0 Å². The number of carbonyl (C=O) groups excluding carboxylic acids is 2. The number of nitrogens with one attached hydrogen (secondary N) is 1. The van der Waals surface area contributed by atoms with E-state index in [2.05, 4.69) is 5.32 Å². The van der Waals surface area contributed by atoms with Gasteiger partial charge in [-0.25, -0.2) is 0 Å². The molecule has 0 aliphatic carbocycles. The monoisotopic (exact) mass is 284 g/mol. The molecule has 1 fully saturated rings. The van der Waals surface area contributed by atoms with Crippen LogP contribution in [0.25, 0.3) is 0 Å². The predicted octanol–water partition coefficient (Wildman–Crippen LogP) is 0.716. The van der Waals surface area contributed by atoms with Crippen LogP contribution >= 0.6 is 0 Å². The van der Waals surface area contributed by atoms with E-state index >= 15 is 0 Å². The number of hydrogen-bond acceptors (Lipinski definition) is 3. The van der Waals surface area contributed by atoms with Crippen LogP contribution in [0.1, 0.15) is 34.1 Å². The molecule has 2 N–H and O–H groups in total. The highest BCUT2D eigenvalue weighted by atomic mass is 16.4. The highest BCUT2D eigenvalue weighted by Crippen LogP contribution is 2.32. The Morgan fingerprint density at radius 3 is 2.40 bits per heavy atom. The van der Waals surface area contributed by atoms with Crippen molar-refractivity contribution in [2.75, 3.05) is 13.6 Å². The Hall–Kier alpha value is -1.59. The van der Waals surface area contributed by atoms with E-state index in [4.69, 9.17) is 0 Å². The highest BCUT2D eigenvalue weighted by Gasteiger charge is 2.44. The molecule has 0 aromatic rings. The number of aliphatic carboxylic acids is 1. The van der Waals surface area contributed by atoms with Gasteiger partial charge in [-0.05, 0) is 26.7 Å². The van der Waals surface area contributed by atoms with Crippen LogP contribution in [-0.2, 0) is 14.4 Å². The lowest BCUT2D eigenvalue weighted by Gasteiger charge is -2.43. The molecule has 0 saturated carbocycles. The minimum absolute atomic E-state index is 0.0838. The minimum Gasteiger partial charge on any atom is -0.481 e. The number of carboxylic acids is 1. The molecule has 1 rings (SSSR count). The third kappa shape index (κ3) is 3.11. The highest BCUT2D eigenvalue weighted by molar-refractivity contribution is 5.85. The molecule has 3 unspecified atom stereocenters. The van der Waals surface area contributed by atoms with Crippen molar-refractivity contribution in [3.8, 4) is 0 Å². The lowest BCUT2D eigenvalue weighted by Crippen LogP contribution is -2.56. The summed E-state index contributed by atoms with van der Waals surface area (Å²) in [5.74, 6) is -1.91. The van der Waals surface area contributed by atoms with Gasteiger partial charge in [0, 0.05) is 26.1 Å². The first-order chi connectivity index (χ1) is 9.11. The Morgan fingerprint density at radius 2 is 1.95 bits per heavy atom. The summed E-state index contributed by atoms with van der Waals surface area (Å²) in [7, 11) is 1.55. The topological polar surface area (TPSA) is 86.7 Å². The van der Waals surface area contributed by atoms with Gasteiger partial charge in [-0.15, -0.1) is 0 Å². The number of carbonyl (C=O) groups is 3. The first kappa shape index (κ1) is 16.5. The Kier molecular flexibility index (Phi) is 4.78. The molecule has 0 spiro atoms. The van der Waals surface area contributed by atoms with Gasteiger partial charge in [0.2, 0.25) is 11.8 Å². The van der Waals surface area contributed by atoms with E-state index < -0.39 is 23.3 Å². The van der Waals surface area contributed by atoms with E-state index in [0.717, 1.165) is 0 Å². The van der Waals surface area contributed by atoms with Crippen molar-refractivity contribution in [1.29, 1.82) is 0 Å². The Labute approximate surface area is 119 Å². The molecule has 1 heterocycles. The van der Waals surface area contributed by atoms with Crippen molar-refractivity contribution in [1.82, 2.24) is 10.2 Å². The fourth-order valence-corrected chi connectivity index (χ4v) is 2.93. The summed E-state index contributed by atoms with van der Waals surface area (Å²) in [6.07, 6.45) is 0.213. The van der Waals surface area contributed by atoms with Gasteiger partial charge >= 0.3 is 5.97 Å². The molecule has 6 nitrogen and oxygen atoms in total. The Morgan fingerprint density at radius 1 is 1.40 bits per heavy atom. The van der Waals surface area contributed by atoms with Crippen molar-refractivity contribution in [3.63, 3.8) is 0 Å². The molecule has 20 heavy (non-hydrogen) atoms. The molecular formula is C14H24N2O4. The summed E-state index contributed by atoms with van der Waals surface area (Å²) in [5.41, 5.74) is -0.748. The Balaban J connectivity index is 2.96. The van der Waals surface area contributed by atoms with E-state index in [1.165, 1.54) is 4.90 Å². The second kappa shape index (κ2) is 5.81. The molecular weight excluding hydrogens is 260 g/mol. The number of hydrogen-bond donors (Lipinski definition) is 2. The number of amides is 2. The van der Waals surface area contributed by atoms with Crippen LogP contribution in [0, 0.1) is 17.3 Å². The second-order valence-corrected chi connectivity index (χ2v) is 6.27. The van der Waals surface area contributed by atoms with Gasteiger partial charge in [0.15, 0.2) is 0 Å². The molecule has 0 aromatic heterocycles. The van der Waals surface area contributed by atoms with Crippen molar-refractivity contribution in [2.24, 2.45) is 17.3 Å². The van der Waals surface area contributed by atoms with Crippen LogP contribution in [0.3, 0.4) is 0 Å². The second-order valence-electron chi connectivity index (χ2n) is 6.27. The maximum atomic E-state index is 12.2. The normalized spacial score (nSPS) is 27.4. The van der Waals surface area contributed by atoms with Gasteiger partial charge in [-0.1, -0.05) is 6.92 Å². The zero-order valence-corrected chi connectivity index (χ0v) is 12.8. The third-order valence-corrected chi connectivity index (χ3v) is 4.13. The maximum absolute atomic E-state index is 12.2. The van der Waals surface area contributed by atoms with E-state index in [9.17, 15) is 19.5 Å². The average Bonchev–Trinajstić information content (AvgIpc) is 2.32. The smallest absolute Gasteiger partial charge is 0.308 e. The van der Waals surface area contributed by atoms with Crippen LogP contribution in [0.4, 0.5) is 0 Å². The van der Waals surface area contributed by atoms with Crippen LogP contribution < -0.4 is 5.32 Å². The molecule has 1 saturated heterocycles. The molecule has 0 radical (unpaired) electrons. The fraction of sp³-hybridized carbons (Fsp3) is 0.786. The molecule has 114 valence electrons. The van der Waals surface area contributed by atoms with Crippen LogP contribution in [-0.4, -0.2) is 47.4 Å². The van der Waals surface area contributed by atoms with Gasteiger partial charge in [-0.2, -0.15) is 0 Å². The van der Waals surface area contributed by atoms with Crippen LogP contribution in [0.15, 0.2) is 0 Å². The molecule has 0 bridgehead atoms. The number of likely N-dealkylation sites (tertiary alicyclic amines) is 1. The van der Waals surface area contributed by atoms with Crippen LogP contribution in [0.2, 0.25) is 0 Å². The number of nitrogens with zero attached hydrogens (tertiary/aromatic N) is 1. The Bertz CT molecular complexity index is 419. The standard InChI is InChI=1S/C14H24N2O4/c1-8-6-10(17)16(9(2)11(8)12(18)19)7-14(3,4)13(20)15-5/h8-9,11H,6-7H2,1-5H3,(H,15,20)(H,18,19). The summed E-state index contributed by atoms with van der Waals surface area (Å²) in [6, 6.07) is -0.410. The summed E-state index contributed by atoms with van der Waals surface area (Å²) in [5, 5.41) is 11.9. The number of rotatable bonds is 4. The average molecular weight is 284 g/mol. The van der Waals surface area contributed by atoms with Gasteiger partial charge in [0.25, 0.3) is 0 Å². The molecule has 3 atom stereocenters. The lowest BCUT2D eigenvalue weighted by molar-refractivity contribution is -0.156. The van der Waals surface area contributed by atoms with E-state index in [0.29, 0.717) is 0 Å². The van der Waals surface area contributed by atoms with Crippen molar-refractivity contribution >= 4 is 17.8 Å². The zero-order chi connectivity index (χ0) is 15.7. The molecule has 1 aliphatic heterocycles. The largest absolute Gasteiger partial charge is 0.481 e. The van der Waals surface area contributed by atoms with Crippen molar-refractivity contribution in [2.45, 2.75) is 40.2 Å². The summed E-state index contributed by atoms with van der Waals surface area (Å²) < 4.78 is 0. The van der Waals surface area contributed by atoms with Gasteiger partial charge in [0.05, 0.1) is 11.3 Å². The first-order valence-corrected chi connectivity index (χ1v) is 6.86. The van der Waals surface area contributed by atoms with Crippen molar-refractivity contribution < 1.29 is 19.5 Å². The molecule has 6 heteroatoms. The van der Waals surface area contributed by atoms with E-state index in [1.54, 1.807) is 34.7 Å². The minimum atomic E-state index is -0.889. The zero-order valence-electron chi connectivity index (χ0n) is 12.8.